The van der Waals surface area contributed by atoms with E-state index in [0.717, 1.165) is 35.2 Å². The zero-order valence-corrected chi connectivity index (χ0v) is 19.1. The largest absolute Gasteiger partial charge is 0.486 e. The van der Waals surface area contributed by atoms with Crippen molar-refractivity contribution in [2.45, 2.75) is 71.9 Å². The first-order valence-corrected chi connectivity index (χ1v) is 11.7. The first-order valence-electron chi connectivity index (χ1n) is 10.5. The van der Waals surface area contributed by atoms with Gasteiger partial charge in [-0.1, -0.05) is 38.8 Å². The number of rotatable bonds is 8. The summed E-state index contributed by atoms with van der Waals surface area (Å²) in [5, 5.41) is 6.71. The summed E-state index contributed by atoms with van der Waals surface area (Å²) >= 11 is 7.40. The second-order valence-electron chi connectivity index (χ2n) is 8.61. The molecule has 1 heterocycles. The molecule has 1 aromatic heterocycles. The molecule has 3 rings (SSSR count). The molecule has 1 fully saturated rings. The molecule has 0 saturated heterocycles. The molecule has 4 nitrogen and oxygen atoms in total. The lowest BCUT2D eigenvalue weighted by atomic mass is 9.69. The number of carbonyl (C=O) groups excluding carboxylic acids is 1. The van der Waals surface area contributed by atoms with E-state index in [4.69, 9.17) is 16.3 Å². The highest BCUT2D eigenvalue weighted by molar-refractivity contribution is 7.09. The van der Waals surface area contributed by atoms with Crippen molar-refractivity contribution in [3.8, 4) is 5.75 Å². The number of aromatic nitrogens is 1. The van der Waals surface area contributed by atoms with Gasteiger partial charge in [-0.15, -0.1) is 11.3 Å². The van der Waals surface area contributed by atoms with Crippen LogP contribution < -0.4 is 10.1 Å². The second kappa shape index (κ2) is 9.94. The highest BCUT2D eigenvalue weighted by Gasteiger charge is 2.32. The summed E-state index contributed by atoms with van der Waals surface area (Å²) in [6, 6.07) is 7.57. The Labute approximate surface area is 183 Å². The maximum Gasteiger partial charge on any atom is 0.226 e. The van der Waals surface area contributed by atoms with E-state index in [1.807, 2.05) is 17.5 Å². The van der Waals surface area contributed by atoms with Crippen molar-refractivity contribution in [1.82, 2.24) is 10.3 Å². The van der Waals surface area contributed by atoms with E-state index in [2.05, 4.69) is 31.1 Å². The molecule has 1 aromatic carbocycles. The number of thiazole rings is 1. The minimum absolute atomic E-state index is 0.0682. The molecular weight excluding hydrogens is 404 g/mol. The van der Waals surface area contributed by atoms with E-state index in [9.17, 15) is 4.79 Å². The fraction of sp³-hybridized carbons (Fsp3) is 0.565. The Morgan fingerprint density at radius 2 is 1.93 bits per heavy atom. The van der Waals surface area contributed by atoms with Gasteiger partial charge in [-0.2, -0.15) is 0 Å². The summed E-state index contributed by atoms with van der Waals surface area (Å²) in [6.45, 7) is 7.40. The third kappa shape index (κ3) is 6.45. The van der Waals surface area contributed by atoms with E-state index < -0.39 is 0 Å². The Hall–Kier alpha value is -1.59. The van der Waals surface area contributed by atoms with Gasteiger partial charge in [0.1, 0.15) is 17.4 Å². The lowest BCUT2D eigenvalue weighted by Crippen LogP contribution is -2.40. The van der Waals surface area contributed by atoms with Crippen LogP contribution in [0.5, 0.6) is 5.75 Å². The smallest absolute Gasteiger partial charge is 0.226 e. The molecule has 29 heavy (non-hydrogen) atoms. The zero-order chi connectivity index (χ0) is 20.9. The van der Waals surface area contributed by atoms with Crippen LogP contribution in [0.25, 0.3) is 0 Å². The van der Waals surface area contributed by atoms with E-state index in [1.165, 1.54) is 30.6 Å². The molecule has 1 saturated carbocycles. The van der Waals surface area contributed by atoms with E-state index in [1.54, 1.807) is 12.1 Å². The van der Waals surface area contributed by atoms with Gasteiger partial charge < -0.3 is 10.1 Å². The number of nitrogens with zero attached hydrogens (tertiary/aromatic N) is 1. The second-order valence-corrected chi connectivity index (χ2v) is 9.99. The Morgan fingerprint density at radius 3 is 2.59 bits per heavy atom. The molecule has 0 aliphatic heterocycles. The van der Waals surface area contributed by atoms with Gasteiger partial charge in [-0.3, -0.25) is 4.79 Å². The molecule has 0 bridgehead atoms. The Kier molecular flexibility index (Phi) is 7.58. The van der Waals surface area contributed by atoms with Gasteiger partial charge >= 0.3 is 0 Å². The molecule has 0 unspecified atom stereocenters. The number of halogens is 1. The highest BCUT2D eigenvalue weighted by Crippen LogP contribution is 2.40. The monoisotopic (exact) mass is 434 g/mol. The average Bonchev–Trinajstić information content (AvgIpc) is 3.15. The van der Waals surface area contributed by atoms with Gasteiger partial charge in [-0.05, 0) is 61.3 Å². The number of benzene rings is 1. The van der Waals surface area contributed by atoms with Crippen LogP contribution in [0.15, 0.2) is 29.6 Å². The lowest BCUT2D eigenvalue weighted by Gasteiger charge is -2.39. The van der Waals surface area contributed by atoms with Crippen LogP contribution in [-0.4, -0.2) is 16.9 Å². The van der Waals surface area contributed by atoms with Gasteiger partial charge in [0.15, 0.2) is 0 Å². The standard InChI is InChI=1S/C23H31ClN2O2S/c1-4-23(2,3)16-5-9-18(10-6-16)25-21(27)13-19-15-29-22(26-19)14-28-20-11-7-17(24)8-12-20/h7-8,11-12,15-16,18H,4-6,9-10,13-14H2,1-3H3,(H,25,27). The summed E-state index contributed by atoms with van der Waals surface area (Å²) in [7, 11) is 0. The highest BCUT2D eigenvalue weighted by atomic mass is 35.5. The van der Waals surface area contributed by atoms with Crippen molar-refractivity contribution in [1.29, 1.82) is 0 Å². The van der Waals surface area contributed by atoms with Crippen LogP contribution in [0.4, 0.5) is 0 Å². The van der Waals surface area contributed by atoms with Crippen molar-refractivity contribution in [2.75, 3.05) is 0 Å². The van der Waals surface area contributed by atoms with Crippen molar-refractivity contribution < 1.29 is 9.53 Å². The van der Waals surface area contributed by atoms with E-state index >= 15 is 0 Å². The Balaban J connectivity index is 1.42. The fourth-order valence-corrected chi connectivity index (χ4v) is 4.75. The molecule has 0 spiro atoms. The van der Waals surface area contributed by atoms with E-state index in [-0.39, 0.29) is 5.91 Å². The van der Waals surface area contributed by atoms with Gasteiger partial charge in [0.2, 0.25) is 5.91 Å². The molecule has 6 heteroatoms. The normalized spacial score (nSPS) is 19.7. The van der Waals surface area contributed by atoms with Crippen LogP contribution >= 0.6 is 22.9 Å². The quantitative estimate of drug-likeness (QED) is 0.551. The molecular formula is C23H31ClN2O2S. The van der Waals surface area contributed by atoms with Crippen LogP contribution in [0.2, 0.25) is 5.02 Å². The minimum Gasteiger partial charge on any atom is -0.486 e. The van der Waals surface area contributed by atoms with Crippen LogP contribution in [0, 0.1) is 11.3 Å². The first kappa shape index (κ1) is 22.1. The molecule has 1 aliphatic carbocycles. The number of amides is 1. The predicted molar refractivity (Wildman–Crippen MR) is 120 cm³/mol. The van der Waals surface area contributed by atoms with Crippen LogP contribution in [0.1, 0.15) is 63.6 Å². The molecule has 2 aromatic rings. The topological polar surface area (TPSA) is 51.2 Å². The average molecular weight is 435 g/mol. The Bertz CT molecular complexity index is 795. The number of ether oxygens (including phenoxy) is 1. The third-order valence-corrected chi connectivity index (χ3v) is 7.35. The van der Waals surface area contributed by atoms with Crippen molar-refractivity contribution in [3.05, 3.63) is 45.4 Å². The minimum atomic E-state index is 0.0682. The van der Waals surface area contributed by atoms with Crippen LogP contribution in [0.3, 0.4) is 0 Å². The first-order chi connectivity index (χ1) is 13.9. The summed E-state index contributed by atoms with van der Waals surface area (Å²) in [6.07, 6.45) is 6.11. The molecule has 1 N–H and O–H groups in total. The van der Waals surface area contributed by atoms with Crippen molar-refractivity contribution in [3.63, 3.8) is 0 Å². The maximum atomic E-state index is 12.4. The molecule has 158 valence electrons. The number of hydrogen-bond acceptors (Lipinski definition) is 4. The van der Waals surface area contributed by atoms with Gasteiger partial charge in [-0.25, -0.2) is 4.98 Å². The summed E-state index contributed by atoms with van der Waals surface area (Å²) in [5.41, 5.74) is 1.21. The number of nitrogens with one attached hydrogen (secondary N) is 1. The fourth-order valence-electron chi connectivity index (χ4n) is 3.92. The predicted octanol–water partition coefficient (Wildman–Crippen LogP) is 6.03. The Morgan fingerprint density at radius 1 is 1.24 bits per heavy atom. The zero-order valence-electron chi connectivity index (χ0n) is 17.5. The van der Waals surface area contributed by atoms with Crippen molar-refractivity contribution >= 4 is 28.8 Å². The maximum absolute atomic E-state index is 12.4. The molecule has 1 aliphatic rings. The summed E-state index contributed by atoms with van der Waals surface area (Å²) in [5.74, 6) is 1.59. The summed E-state index contributed by atoms with van der Waals surface area (Å²) in [4.78, 5) is 17.0. The van der Waals surface area contributed by atoms with E-state index in [0.29, 0.717) is 29.5 Å². The van der Waals surface area contributed by atoms with Crippen molar-refractivity contribution in [2.24, 2.45) is 11.3 Å². The van der Waals surface area contributed by atoms with Gasteiger partial charge in [0, 0.05) is 16.4 Å². The SMILES string of the molecule is CCC(C)(C)C1CCC(NC(=O)Cc2csc(COc3ccc(Cl)cc3)n2)CC1. The number of carbonyl (C=O) groups is 1. The third-order valence-electron chi connectivity index (χ3n) is 6.23. The number of hydrogen-bond donors (Lipinski definition) is 1. The van der Waals surface area contributed by atoms with Crippen LogP contribution in [-0.2, 0) is 17.8 Å². The summed E-state index contributed by atoms with van der Waals surface area (Å²) < 4.78 is 5.72. The molecule has 1 amide bonds. The molecule has 0 radical (unpaired) electrons. The molecule has 0 atom stereocenters. The van der Waals surface area contributed by atoms with Gasteiger partial charge in [0.05, 0.1) is 12.1 Å². The lowest BCUT2D eigenvalue weighted by molar-refractivity contribution is -0.121. The van der Waals surface area contributed by atoms with Gasteiger partial charge in [0.25, 0.3) is 0 Å².